The van der Waals surface area contributed by atoms with Crippen molar-refractivity contribution in [3.05, 3.63) is 11.9 Å². The molecule has 30 heavy (non-hydrogen) atoms. The first-order valence-electron chi connectivity index (χ1n) is 11.3. The normalized spacial score (nSPS) is 24.0. The van der Waals surface area contributed by atoms with Crippen LogP contribution in [0.25, 0.3) is 0 Å². The third-order valence-electron chi connectivity index (χ3n) is 6.30. The number of imidazole rings is 1. The molecule has 1 aromatic heterocycles. The van der Waals surface area contributed by atoms with Gasteiger partial charge in [0.1, 0.15) is 0 Å². The predicted octanol–water partition coefficient (Wildman–Crippen LogP) is 1.87. The summed E-state index contributed by atoms with van der Waals surface area (Å²) in [6.45, 7) is 5.18. The number of aromatic nitrogens is 2. The van der Waals surface area contributed by atoms with Crippen molar-refractivity contribution in [3.8, 4) is 0 Å². The van der Waals surface area contributed by atoms with Crippen LogP contribution in [0.1, 0.15) is 44.2 Å². The first-order valence-corrected chi connectivity index (χ1v) is 12.9. The van der Waals surface area contributed by atoms with Crippen molar-refractivity contribution in [1.29, 1.82) is 0 Å². The number of likely N-dealkylation sites (tertiary alicyclic amines) is 1. The van der Waals surface area contributed by atoms with Gasteiger partial charge in [-0.15, -0.1) is 0 Å². The summed E-state index contributed by atoms with van der Waals surface area (Å²) in [6, 6.07) is 0. The van der Waals surface area contributed by atoms with Crippen LogP contribution in [0.5, 0.6) is 0 Å². The minimum atomic E-state index is -3.37. The Morgan fingerprint density at radius 1 is 1.17 bits per heavy atom. The first-order chi connectivity index (χ1) is 14.5. The summed E-state index contributed by atoms with van der Waals surface area (Å²) < 4.78 is 44.6. The van der Waals surface area contributed by atoms with Gasteiger partial charge in [-0.25, -0.2) is 13.4 Å². The van der Waals surface area contributed by atoms with Crippen LogP contribution in [0.4, 0.5) is 0 Å². The zero-order valence-corrected chi connectivity index (χ0v) is 18.8. The maximum absolute atomic E-state index is 13.0. The Balaban J connectivity index is 1.42. The molecule has 0 aromatic carbocycles. The molecular weight excluding hydrogens is 406 g/mol. The van der Waals surface area contributed by atoms with Gasteiger partial charge < -0.3 is 18.8 Å². The fraction of sp³-hybridized carbons (Fsp3) is 0.857. The van der Waals surface area contributed by atoms with Crippen LogP contribution in [0.2, 0.25) is 0 Å². The molecule has 9 heteroatoms. The lowest BCUT2D eigenvalue weighted by Crippen LogP contribution is -2.37. The van der Waals surface area contributed by atoms with Gasteiger partial charge in [0.05, 0.1) is 49.6 Å². The molecule has 0 bridgehead atoms. The molecule has 4 rings (SSSR count). The third kappa shape index (κ3) is 5.82. The fourth-order valence-electron chi connectivity index (χ4n) is 4.38. The van der Waals surface area contributed by atoms with Gasteiger partial charge in [-0.05, 0) is 44.4 Å². The minimum Gasteiger partial charge on any atom is -0.382 e. The fourth-order valence-corrected chi connectivity index (χ4v) is 6.23. The van der Waals surface area contributed by atoms with Gasteiger partial charge in [-0.2, -0.15) is 0 Å². The maximum Gasteiger partial charge on any atom is 0.227 e. The van der Waals surface area contributed by atoms with E-state index >= 15 is 0 Å². The second-order valence-electron chi connectivity index (χ2n) is 8.84. The Kier molecular flexibility index (Phi) is 7.46. The van der Waals surface area contributed by atoms with Crippen LogP contribution in [-0.2, 0) is 37.1 Å². The van der Waals surface area contributed by atoms with Gasteiger partial charge in [0, 0.05) is 33.4 Å². The van der Waals surface area contributed by atoms with E-state index < -0.39 is 9.84 Å². The number of ether oxygens (including phenoxy) is 3. The van der Waals surface area contributed by atoms with Crippen molar-refractivity contribution >= 4 is 9.84 Å². The van der Waals surface area contributed by atoms with Crippen LogP contribution in [0.3, 0.4) is 0 Å². The van der Waals surface area contributed by atoms with E-state index in [9.17, 15) is 8.42 Å². The van der Waals surface area contributed by atoms with Crippen LogP contribution in [0.15, 0.2) is 11.4 Å². The van der Waals surface area contributed by atoms with E-state index in [4.69, 9.17) is 14.2 Å². The summed E-state index contributed by atoms with van der Waals surface area (Å²) in [5.41, 5.74) is 0.971. The molecule has 1 atom stereocenters. The third-order valence-corrected chi connectivity index (χ3v) is 8.10. The van der Waals surface area contributed by atoms with Crippen molar-refractivity contribution in [2.45, 2.75) is 69.0 Å². The largest absolute Gasteiger partial charge is 0.382 e. The highest BCUT2D eigenvalue weighted by Crippen LogP contribution is 2.32. The molecule has 2 aliphatic heterocycles. The Morgan fingerprint density at radius 3 is 2.63 bits per heavy atom. The van der Waals surface area contributed by atoms with Gasteiger partial charge >= 0.3 is 0 Å². The van der Waals surface area contributed by atoms with E-state index in [0.29, 0.717) is 32.2 Å². The van der Waals surface area contributed by atoms with E-state index in [1.807, 2.05) is 4.57 Å². The highest BCUT2D eigenvalue weighted by Gasteiger charge is 2.33. The average Bonchev–Trinajstić information content (AvgIpc) is 3.21. The summed E-state index contributed by atoms with van der Waals surface area (Å²) in [6.07, 6.45) is 8.12. The molecule has 0 radical (unpaired) electrons. The predicted molar refractivity (Wildman–Crippen MR) is 112 cm³/mol. The molecule has 2 saturated heterocycles. The Morgan fingerprint density at radius 2 is 1.97 bits per heavy atom. The van der Waals surface area contributed by atoms with Gasteiger partial charge in [-0.3, -0.25) is 4.90 Å². The summed E-state index contributed by atoms with van der Waals surface area (Å²) in [7, 11) is -1.68. The molecule has 3 aliphatic rings. The smallest absolute Gasteiger partial charge is 0.227 e. The van der Waals surface area contributed by atoms with Crippen molar-refractivity contribution in [3.63, 3.8) is 0 Å². The van der Waals surface area contributed by atoms with E-state index in [0.717, 1.165) is 63.9 Å². The Hall–Kier alpha value is -1.00. The molecule has 0 N–H and O–H groups in total. The van der Waals surface area contributed by atoms with Gasteiger partial charge in [0.25, 0.3) is 0 Å². The lowest BCUT2D eigenvalue weighted by Gasteiger charge is -2.32. The van der Waals surface area contributed by atoms with Crippen LogP contribution < -0.4 is 0 Å². The number of nitrogens with zero attached hydrogens (tertiary/aromatic N) is 3. The van der Waals surface area contributed by atoms with Crippen LogP contribution in [-0.4, -0.2) is 80.8 Å². The first kappa shape index (κ1) is 22.2. The SMILES string of the molecule is COCCOC1CCN(Cc2cnc(S(=O)(=O)CC3CC3)n2C[C@H]2CCCO2)CC1. The maximum atomic E-state index is 13.0. The molecule has 0 spiro atoms. The number of piperidine rings is 1. The summed E-state index contributed by atoms with van der Waals surface area (Å²) in [5, 5.41) is 0.234. The quantitative estimate of drug-likeness (QED) is 0.485. The number of hydrogen-bond acceptors (Lipinski definition) is 7. The average molecular weight is 442 g/mol. The molecule has 170 valence electrons. The molecule has 3 fully saturated rings. The van der Waals surface area contributed by atoms with Gasteiger partial charge in [-0.1, -0.05) is 0 Å². The molecule has 1 saturated carbocycles. The highest BCUT2D eigenvalue weighted by atomic mass is 32.2. The van der Waals surface area contributed by atoms with E-state index in [2.05, 4.69) is 9.88 Å². The van der Waals surface area contributed by atoms with Crippen LogP contribution >= 0.6 is 0 Å². The van der Waals surface area contributed by atoms with Crippen molar-refractivity contribution < 1.29 is 22.6 Å². The molecule has 0 amide bonds. The van der Waals surface area contributed by atoms with E-state index in [-0.39, 0.29) is 23.1 Å². The lowest BCUT2D eigenvalue weighted by atomic mass is 10.1. The minimum absolute atomic E-state index is 0.0766. The highest BCUT2D eigenvalue weighted by molar-refractivity contribution is 7.91. The molecule has 0 unspecified atom stereocenters. The van der Waals surface area contributed by atoms with Crippen molar-refractivity contribution in [1.82, 2.24) is 14.5 Å². The molecular formula is C21H35N3O5S. The topological polar surface area (TPSA) is 82.9 Å². The Bertz CT molecular complexity index is 779. The standard InChI is InChI=1S/C21H35N3O5S/c1-27-11-12-29-19-6-8-23(9-7-19)14-18-13-22-21(30(25,26)16-17-4-5-17)24(18)15-20-3-2-10-28-20/h13,17,19-20H,2-12,14-16H2,1H3/t20-/m1/s1. The number of rotatable bonds is 11. The second-order valence-corrected chi connectivity index (χ2v) is 10.8. The molecule has 1 aliphatic carbocycles. The van der Waals surface area contributed by atoms with Crippen LogP contribution in [0, 0.1) is 5.92 Å². The zero-order chi connectivity index (χ0) is 21.0. The molecule has 8 nitrogen and oxygen atoms in total. The summed E-state index contributed by atoms with van der Waals surface area (Å²) >= 11 is 0. The summed E-state index contributed by atoms with van der Waals surface area (Å²) in [4.78, 5) is 6.77. The van der Waals surface area contributed by atoms with Crippen molar-refractivity contribution in [2.24, 2.45) is 5.92 Å². The second kappa shape index (κ2) is 10.1. The lowest BCUT2D eigenvalue weighted by molar-refractivity contribution is -0.0162. The van der Waals surface area contributed by atoms with E-state index in [1.54, 1.807) is 13.3 Å². The van der Waals surface area contributed by atoms with Gasteiger partial charge in [0.2, 0.25) is 15.0 Å². The Labute approximate surface area is 179 Å². The number of sulfone groups is 1. The monoisotopic (exact) mass is 441 g/mol. The number of methoxy groups -OCH3 is 1. The number of hydrogen-bond donors (Lipinski definition) is 0. The van der Waals surface area contributed by atoms with Crippen molar-refractivity contribution in [2.75, 3.05) is 45.8 Å². The molecule has 1 aromatic rings. The molecule has 3 heterocycles. The van der Waals surface area contributed by atoms with Gasteiger partial charge in [0.15, 0.2) is 0 Å². The van der Waals surface area contributed by atoms with E-state index in [1.165, 1.54) is 0 Å². The summed E-state index contributed by atoms with van der Waals surface area (Å²) in [5.74, 6) is 0.530. The zero-order valence-electron chi connectivity index (χ0n) is 18.0.